The number of nitro groups is 1. The number of aromatic hydroxyl groups is 2. The molecular formula is C20H15F3N2O7. The summed E-state index contributed by atoms with van der Waals surface area (Å²) in [6, 6.07) is 2.52. The third-order valence-corrected chi connectivity index (χ3v) is 4.44. The summed E-state index contributed by atoms with van der Waals surface area (Å²) in [5.41, 5.74) is -3.28. The Labute approximate surface area is 177 Å². The monoisotopic (exact) mass is 452 g/mol. The Morgan fingerprint density at radius 2 is 1.94 bits per heavy atom. The molecule has 32 heavy (non-hydrogen) atoms. The first-order chi connectivity index (χ1) is 15.0. The second-order valence-electron chi connectivity index (χ2n) is 6.56. The minimum absolute atomic E-state index is 0.0737. The van der Waals surface area contributed by atoms with E-state index in [1.54, 1.807) is 0 Å². The van der Waals surface area contributed by atoms with E-state index in [2.05, 4.69) is 4.98 Å². The molecule has 0 aliphatic heterocycles. The van der Waals surface area contributed by atoms with Gasteiger partial charge >= 0.3 is 17.8 Å². The normalized spacial score (nSPS) is 11.4. The molecule has 0 fully saturated rings. The molecule has 0 radical (unpaired) electrons. The molecular weight excluding hydrogens is 437 g/mol. The van der Waals surface area contributed by atoms with Crippen LogP contribution in [0.5, 0.6) is 11.5 Å². The Morgan fingerprint density at radius 1 is 1.25 bits per heavy atom. The minimum Gasteiger partial charge on any atom is -0.504 e. The van der Waals surface area contributed by atoms with E-state index < -0.39 is 56.7 Å². The van der Waals surface area contributed by atoms with E-state index in [-0.39, 0.29) is 23.4 Å². The number of pyridine rings is 1. The van der Waals surface area contributed by atoms with E-state index in [4.69, 9.17) is 9.15 Å². The summed E-state index contributed by atoms with van der Waals surface area (Å²) >= 11 is 0. The number of hydrogen-bond acceptors (Lipinski definition) is 8. The number of halogens is 3. The molecule has 0 saturated heterocycles. The Morgan fingerprint density at radius 3 is 2.53 bits per heavy atom. The van der Waals surface area contributed by atoms with Crippen molar-refractivity contribution in [3.63, 3.8) is 0 Å². The van der Waals surface area contributed by atoms with Crippen LogP contribution in [0.1, 0.15) is 28.5 Å². The van der Waals surface area contributed by atoms with E-state index in [0.29, 0.717) is 0 Å². The van der Waals surface area contributed by atoms with Crippen LogP contribution in [0.15, 0.2) is 35.1 Å². The number of alkyl halides is 3. The summed E-state index contributed by atoms with van der Waals surface area (Å²) in [4.78, 5) is 26.7. The van der Waals surface area contributed by atoms with E-state index >= 15 is 0 Å². The van der Waals surface area contributed by atoms with Crippen LogP contribution in [-0.2, 0) is 10.9 Å². The highest BCUT2D eigenvalue weighted by molar-refractivity contribution is 6.03. The molecule has 9 nitrogen and oxygen atoms in total. The third kappa shape index (κ3) is 4.06. The molecule has 0 aliphatic rings. The highest BCUT2D eigenvalue weighted by atomic mass is 19.4. The first kappa shape index (κ1) is 22.6. The van der Waals surface area contributed by atoms with Gasteiger partial charge in [-0.2, -0.15) is 13.2 Å². The second kappa shape index (κ2) is 8.21. The zero-order chi connectivity index (χ0) is 23.8. The zero-order valence-electron chi connectivity index (χ0n) is 16.6. The van der Waals surface area contributed by atoms with Crippen LogP contribution in [0.2, 0.25) is 0 Å². The van der Waals surface area contributed by atoms with Crippen LogP contribution in [0.25, 0.3) is 22.5 Å². The molecule has 3 rings (SSSR count). The maximum Gasteiger partial charge on any atom is 0.417 e. The fourth-order valence-corrected chi connectivity index (χ4v) is 3.05. The van der Waals surface area contributed by atoms with Crippen molar-refractivity contribution in [3.8, 4) is 33.9 Å². The fraction of sp³-hybridized carbons (Fsp3) is 0.200. The number of nitro benzene ring substituents is 1. The van der Waals surface area contributed by atoms with Crippen LogP contribution in [-0.4, -0.2) is 32.7 Å². The van der Waals surface area contributed by atoms with Gasteiger partial charge in [-0.15, -0.1) is 0 Å². The largest absolute Gasteiger partial charge is 0.504 e. The molecule has 2 aromatic heterocycles. The van der Waals surface area contributed by atoms with Gasteiger partial charge in [0.25, 0.3) is 0 Å². The van der Waals surface area contributed by atoms with Crippen LogP contribution in [0, 0.1) is 17.0 Å². The third-order valence-electron chi connectivity index (χ3n) is 4.44. The molecule has 0 amide bonds. The van der Waals surface area contributed by atoms with Gasteiger partial charge in [-0.1, -0.05) is 0 Å². The first-order valence-electron chi connectivity index (χ1n) is 8.99. The van der Waals surface area contributed by atoms with Crippen molar-refractivity contribution in [2.45, 2.75) is 20.0 Å². The predicted octanol–water partition coefficient (Wildman–Crippen LogP) is 4.83. The average molecular weight is 452 g/mol. The van der Waals surface area contributed by atoms with Crippen molar-refractivity contribution in [2.75, 3.05) is 6.61 Å². The number of rotatable bonds is 5. The minimum atomic E-state index is -4.81. The summed E-state index contributed by atoms with van der Waals surface area (Å²) in [7, 11) is 0. The fourth-order valence-electron chi connectivity index (χ4n) is 3.05. The lowest BCUT2D eigenvalue weighted by molar-refractivity contribution is -0.385. The summed E-state index contributed by atoms with van der Waals surface area (Å²) < 4.78 is 51.2. The van der Waals surface area contributed by atoms with Crippen molar-refractivity contribution in [1.82, 2.24) is 4.98 Å². The van der Waals surface area contributed by atoms with E-state index in [1.807, 2.05) is 0 Å². The molecule has 2 heterocycles. The summed E-state index contributed by atoms with van der Waals surface area (Å²) in [6.07, 6.45) is -3.02. The van der Waals surface area contributed by atoms with Gasteiger partial charge in [-0.05, 0) is 31.5 Å². The van der Waals surface area contributed by atoms with Gasteiger partial charge < -0.3 is 19.4 Å². The Hall–Kier alpha value is -4.09. The van der Waals surface area contributed by atoms with Gasteiger partial charge in [0.2, 0.25) is 5.75 Å². The van der Waals surface area contributed by atoms with Gasteiger partial charge in [0, 0.05) is 29.1 Å². The van der Waals surface area contributed by atoms with Crippen LogP contribution >= 0.6 is 0 Å². The molecule has 3 aromatic rings. The Kier molecular flexibility index (Phi) is 5.80. The van der Waals surface area contributed by atoms with Gasteiger partial charge in [0.05, 0.1) is 23.4 Å². The quantitative estimate of drug-likeness (QED) is 0.243. The van der Waals surface area contributed by atoms with Crippen LogP contribution < -0.4 is 0 Å². The average Bonchev–Trinajstić information content (AvgIpc) is 3.14. The van der Waals surface area contributed by atoms with E-state index in [1.165, 1.54) is 13.8 Å². The molecule has 0 bridgehead atoms. The van der Waals surface area contributed by atoms with E-state index in [0.717, 1.165) is 30.7 Å². The summed E-state index contributed by atoms with van der Waals surface area (Å²) in [6.45, 7) is 2.71. The van der Waals surface area contributed by atoms with Crippen molar-refractivity contribution in [3.05, 3.63) is 57.6 Å². The number of esters is 1. The number of benzene rings is 1. The lowest BCUT2D eigenvalue weighted by Crippen LogP contribution is -2.11. The highest BCUT2D eigenvalue weighted by Crippen LogP contribution is 2.44. The number of aryl methyl sites for hydroxylation is 1. The Bertz CT molecular complexity index is 1220. The van der Waals surface area contributed by atoms with Crippen molar-refractivity contribution in [1.29, 1.82) is 0 Å². The van der Waals surface area contributed by atoms with Crippen LogP contribution in [0.4, 0.5) is 18.9 Å². The number of furan rings is 1. The highest BCUT2D eigenvalue weighted by Gasteiger charge is 2.37. The number of phenolic OH excluding ortho intramolecular Hbond substituents is 2. The topological polar surface area (TPSA) is 136 Å². The molecule has 0 unspecified atom stereocenters. The zero-order valence-corrected chi connectivity index (χ0v) is 16.6. The lowest BCUT2D eigenvalue weighted by Gasteiger charge is -2.13. The second-order valence-corrected chi connectivity index (χ2v) is 6.56. The lowest BCUT2D eigenvalue weighted by atomic mass is 9.97. The standard InChI is InChI=1S/C20H15F3N2O7/c1-3-31-19(28)16-12(10-5-14(25(29)30)17(27)15(26)6-10)8-32-18(16)11-7-24-9(2)4-13(11)20(21,22)23/h4-8,26-27H,3H2,1-2H3. The molecule has 168 valence electrons. The van der Waals surface area contributed by atoms with Crippen molar-refractivity contribution >= 4 is 11.7 Å². The molecule has 0 aliphatic carbocycles. The number of phenols is 2. The van der Waals surface area contributed by atoms with Crippen molar-refractivity contribution in [2.24, 2.45) is 0 Å². The van der Waals surface area contributed by atoms with Gasteiger partial charge in [-0.3, -0.25) is 15.1 Å². The molecule has 0 spiro atoms. The summed E-state index contributed by atoms with van der Waals surface area (Å²) in [5.74, 6) is -3.47. The van der Waals surface area contributed by atoms with Crippen molar-refractivity contribution < 1.29 is 42.3 Å². The molecule has 0 atom stereocenters. The number of carbonyl (C=O) groups is 1. The number of carbonyl (C=O) groups excluding carboxylic acids is 1. The summed E-state index contributed by atoms with van der Waals surface area (Å²) in [5, 5.41) is 30.7. The van der Waals surface area contributed by atoms with Gasteiger partial charge in [0.1, 0.15) is 5.56 Å². The van der Waals surface area contributed by atoms with Crippen LogP contribution in [0.3, 0.4) is 0 Å². The van der Waals surface area contributed by atoms with Gasteiger partial charge in [-0.25, -0.2) is 4.79 Å². The number of ether oxygens (including phenoxy) is 1. The number of nitrogens with zero attached hydrogens (tertiary/aromatic N) is 2. The first-order valence-corrected chi connectivity index (χ1v) is 8.99. The SMILES string of the molecule is CCOC(=O)c1c(-c2cc(O)c(O)c([N+](=O)[O-])c2)coc1-c1cnc(C)cc1C(F)(F)F. The molecule has 0 saturated carbocycles. The molecule has 1 aromatic carbocycles. The molecule has 2 N–H and O–H groups in total. The smallest absolute Gasteiger partial charge is 0.417 e. The number of aromatic nitrogens is 1. The predicted molar refractivity (Wildman–Crippen MR) is 103 cm³/mol. The maximum absolute atomic E-state index is 13.6. The molecule has 12 heteroatoms. The Balaban J connectivity index is 2.33. The number of hydrogen-bond donors (Lipinski definition) is 2. The van der Waals surface area contributed by atoms with E-state index in [9.17, 15) is 38.3 Å². The van der Waals surface area contributed by atoms with Gasteiger partial charge in [0.15, 0.2) is 11.5 Å². The maximum atomic E-state index is 13.6.